The molecule has 0 aliphatic rings. The molecule has 0 aliphatic carbocycles. The zero-order valence-electron chi connectivity index (χ0n) is 8.75. The summed E-state index contributed by atoms with van der Waals surface area (Å²) in [6, 6.07) is 3.75. The van der Waals surface area contributed by atoms with E-state index in [1.807, 2.05) is 6.92 Å². The van der Waals surface area contributed by atoms with Crippen molar-refractivity contribution in [3.05, 3.63) is 29.6 Å². The lowest BCUT2D eigenvalue weighted by Gasteiger charge is -2.06. The first-order valence-electron chi connectivity index (χ1n) is 4.73. The van der Waals surface area contributed by atoms with E-state index in [2.05, 4.69) is 4.72 Å². The van der Waals surface area contributed by atoms with Crippen molar-refractivity contribution in [2.75, 3.05) is 6.54 Å². The molecule has 0 amide bonds. The molecular weight excluding hydrogens is 217 g/mol. The monoisotopic (exact) mass is 231 g/mol. The molecule has 0 unspecified atom stereocenters. The third-order valence-corrected chi connectivity index (χ3v) is 3.44. The molecule has 1 aromatic carbocycles. The highest BCUT2D eigenvalue weighted by atomic mass is 32.2. The molecular formula is C10H14FNO2S. The SMILES string of the molecule is CCCNS(=O)(=O)c1ccc(F)c(C)c1. The lowest BCUT2D eigenvalue weighted by atomic mass is 10.2. The molecule has 84 valence electrons. The molecule has 0 heterocycles. The van der Waals surface area contributed by atoms with Crippen LogP contribution in [0.5, 0.6) is 0 Å². The fraction of sp³-hybridized carbons (Fsp3) is 0.400. The van der Waals surface area contributed by atoms with Gasteiger partial charge in [-0.1, -0.05) is 6.92 Å². The van der Waals surface area contributed by atoms with Gasteiger partial charge in [-0.2, -0.15) is 0 Å². The van der Waals surface area contributed by atoms with Crippen molar-refractivity contribution in [1.82, 2.24) is 4.72 Å². The van der Waals surface area contributed by atoms with Crippen LogP contribution >= 0.6 is 0 Å². The maximum absolute atomic E-state index is 12.9. The van der Waals surface area contributed by atoms with E-state index < -0.39 is 15.8 Å². The Morgan fingerprint density at radius 3 is 2.60 bits per heavy atom. The van der Waals surface area contributed by atoms with Gasteiger partial charge in [0.1, 0.15) is 5.82 Å². The summed E-state index contributed by atoms with van der Waals surface area (Å²) in [6.07, 6.45) is 0.722. The highest BCUT2D eigenvalue weighted by Crippen LogP contribution is 2.13. The Hall–Kier alpha value is -0.940. The number of rotatable bonds is 4. The highest BCUT2D eigenvalue weighted by molar-refractivity contribution is 7.89. The van der Waals surface area contributed by atoms with Gasteiger partial charge in [-0.25, -0.2) is 17.5 Å². The highest BCUT2D eigenvalue weighted by Gasteiger charge is 2.13. The van der Waals surface area contributed by atoms with Crippen molar-refractivity contribution in [1.29, 1.82) is 0 Å². The molecule has 0 fully saturated rings. The number of aryl methyl sites for hydroxylation is 1. The van der Waals surface area contributed by atoms with E-state index in [9.17, 15) is 12.8 Å². The molecule has 0 bridgehead atoms. The molecule has 15 heavy (non-hydrogen) atoms. The Morgan fingerprint density at radius 1 is 1.40 bits per heavy atom. The number of halogens is 1. The standard InChI is InChI=1S/C10H14FNO2S/c1-3-6-12-15(13,14)9-4-5-10(11)8(2)7-9/h4-5,7,12H,3,6H2,1-2H3. The average Bonchev–Trinajstić information content (AvgIpc) is 2.19. The van der Waals surface area contributed by atoms with Gasteiger partial charge in [-0.3, -0.25) is 0 Å². The molecule has 1 aromatic rings. The molecule has 0 atom stereocenters. The van der Waals surface area contributed by atoms with Crippen LogP contribution in [-0.2, 0) is 10.0 Å². The Kier molecular flexibility index (Phi) is 3.82. The zero-order valence-corrected chi connectivity index (χ0v) is 9.57. The third kappa shape index (κ3) is 3.00. The van der Waals surface area contributed by atoms with Gasteiger partial charge < -0.3 is 0 Å². The minimum atomic E-state index is -3.48. The first kappa shape index (κ1) is 12.1. The van der Waals surface area contributed by atoms with Gasteiger partial charge in [0.25, 0.3) is 0 Å². The lowest BCUT2D eigenvalue weighted by Crippen LogP contribution is -2.24. The van der Waals surface area contributed by atoms with Crippen LogP contribution in [0.15, 0.2) is 23.1 Å². The summed E-state index contributed by atoms with van der Waals surface area (Å²) in [5, 5.41) is 0. The number of hydrogen-bond acceptors (Lipinski definition) is 2. The molecule has 5 heteroatoms. The first-order valence-corrected chi connectivity index (χ1v) is 6.21. The van der Waals surface area contributed by atoms with Gasteiger partial charge in [-0.15, -0.1) is 0 Å². The van der Waals surface area contributed by atoms with Gasteiger partial charge in [0, 0.05) is 6.54 Å². The van der Waals surface area contributed by atoms with E-state index in [0.29, 0.717) is 12.1 Å². The van der Waals surface area contributed by atoms with E-state index in [1.165, 1.54) is 19.1 Å². The number of hydrogen-bond donors (Lipinski definition) is 1. The summed E-state index contributed by atoms with van der Waals surface area (Å²) < 4.78 is 38.6. The van der Waals surface area contributed by atoms with Crippen LogP contribution < -0.4 is 4.72 Å². The topological polar surface area (TPSA) is 46.2 Å². The van der Waals surface area contributed by atoms with Crippen LogP contribution in [-0.4, -0.2) is 15.0 Å². The zero-order chi connectivity index (χ0) is 11.5. The Labute approximate surface area is 89.4 Å². The maximum atomic E-state index is 12.9. The van der Waals surface area contributed by atoms with E-state index in [1.54, 1.807) is 0 Å². The number of benzene rings is 1. The van der Waals surface area contributed by atoms with Crippen molar-refractivity contribution in [3.63, 3.8) is 0 Å². The smallest absolute Gasteiger partial charge is 0.211 e. The summed E-state index contributed by atoms with van der Waals surface area (Å²) in [4.78, 5) is 0.106. The third-order valence-electron chi connectivity index (χ3n) is 1.98. The minimum absolute atomic E-state index is 0.106. The van der Waals surface area contributed by atoms with Gasteiger partial charge >= 0.3 is 0 Å². The predicted molar refractivity (Wildman–Crippen MR) is 56.6 cm³/mol. The van der Waals surface area contributed by atoms with Crippen molar-refractivity contribution in [3.8, 4) is 0 Å². The van der Waals surface area contributed by atoms with Crippen molar-refractivity contribution in [2.45, 2.75) is 25.2 Å². The van der Waals surface area contributed by atoms with Crippen molar-refractivity contribution >= 4 is 10.0 Å². The number of nitrogens with one attached hydrogen (secondary N) is 1. The molecule has 1 rings (SSSR count). The second-order valence-electron chi connectivity index (χ2n) is 3.31. The van der Waals surface area contributed by atoms with E-state index in [-0.39, 0.29) is 4.90 Å². The molecule has 0 aromatic heterocycles. The fourth-order valence-electron chi connectivity index (χ4n) is 1.10. The van der Waals surface area contributed by atoms with Gasteiger partial charge in [0.05, 0.1) is 4.90 Å². The first-order chi connectivity index (χ1) is 6.97. The molecule has 3 nitrogen and oxygen atoms in total. The Morgan fingerprint density at radius 2 is 2.07 bits per heavy atom. The minimum Gasteiger partial charge on any atom is -0.211 e. The summed E-state index contributed by atoms with van der Waals surface area (Å²) >= 11 is 0. The average molecular weight is 231 g/mol. The normalized spacial score (nSPS) is 11.7. The van der Waals surface area contributed by atoms with Crippen LogP contribution in [0, 0.1) is 12.7 Å². The van der Waals surface area contributed by atoms with Gasteiger partial charge in [0.15, 0.2) is 0 Å². The van der Waals surface area contributed by atoms with Crippen LogP contribution in [0.4, 0.5) is 4.39 Å². The van der Waals surface area contributed by atoms with Crippen molar-refractivity contribution in [2.24, 2.45) is 0 Å². The Balaban J connectivity index is 3.00. The number of sulfonamides is 1. The van der Waals surface area contributed by atoms with E-state index >= 15 is 0 Å². The molecule has 1 N–H and O–H groups in total. The second-order valence-corrected chi connectivity index (χ2v) is 5.08. The molecule has 0 spiro atoms. The van der Waals surface area contributed by atoms with E-state index in [4.69, 9.17) is 0 Å². The van der Waals surface area contributed by atoms with Crippen LogP contribution in [0.3, 0.4) is 0 Å². The van der Waals surface area contributed by atoms with Crippen LogP contribution in [0.25, 0.3) is 0 Å². The molecule has 0 saturated heterocycles. The van der Waals surface area contributed by atoms with E-state index in [0.717, 1.165) is 12.5 Å². The maximum Gasteiger partial charge on any atom is 0.240 e. The summed E-state index contributed by atoms with van der Waals surface area (Å²) in [5.74, 6) is -0.399. The predicted octanol–water partition coefficient (Wildman–Crippen LogP) is 1.82. The van der Waals surface area contributed by atoms with Crippen LogP contribution in [0.2, 0.25) is 0 Å². The largest absolute Gasteiger partial charge is 0.240 e. The lowest BCUT2D eigenvalue weighted by molar-refractivity contribution is 0.579. The molecule has 0 saturated carbocycles. The molecule has 0 radical (unpaired) electrons. The van der Waals surface area contributed by atoms with Gasteiger partial charge in [-0.05, 0) is 37.1 Å². The summed E-state index contributed by atoms with van der Waals surface area (Å²) in [5.41, 5.74) is 0.328. The fourth-order valence-corrected chi connectivity index (χ4v) is 2.32. The van der Waals surface area contributed by atoms with Crippen LogP contribution in [0.1, 0.15) is 18.9 Å². The molecule has 0 aliphatic heterocycles. The quantitative estimate of drug-likeness (QED) is 0.859. The second kappa shape index (κ2) is 4.72. The summed E-state index contributed by atoms with van der Waals surface area (Å²) in [6.45, 7) is 3.80. The van der Waals surface area contributed by atoms with Crippen molar-refractivity contribution < 1.29 is 12.8 Å². The van der Waals surface area contributed by atoms with Gasteiger partial charge in [0.2, 0.25) is 10.0 Å². The Bertz CT molecular complexity index is 443. The summed E-state index contributed by atoms with van der Waals surface area (Å²) in [7, 11) is -3.48.